The molecular formula is C23H21N5O2S. The molecule has 0 unspecified atom stereocenters. The van der Waals surface area contributed by atoms with Crippen molar-refractivity contribution >= 4 is 34.8 Å². The van der Waals surface area contributed by atoms with Crippen LogP contribution < -0.4 is 16.0 Å². The number of hydrogen-bond donors (Lipinski definition) is 3. The van der Waals surface area contributed by atoms with Crippen molar-refractivity contribution in [1.82, 2.24) is 15.3 Å². The van der Waals surface area contributed by atoms with Gasteiger partial charge in [-0.25, -0.2) is 9.97 Å². The number of nitrogens with one attached hydrogen (secondary N) is 3. The molecule has 7 nitrogen and oxygen atoms in total. The Morgan fingerprint density at radius 2 is 1.39 bits per heavy atom. The van der Waals surface area contributed by atoms with Crippen LogP contribution >= 0.6 is 11.3 Å². The average Bonchev–Trinajstić information content (AvgIpc) is 3.29. The number of allylic oxidation sites excluding steroid dienone is 2. The summed E-state index contributed by atoms with van der Waals surface area (Å²) in [6.07, 6.45) is 3.23. The van der Waals surface area contributed by atoms with Gasteiger partial charge in [0.05, 0.1) is 5.92 Å². The third-order valence-corrected chi connectivity index (χ3v) is 5.83. The van der Waals surface area contributed by atoms with E-state index in [1.807, 2.05) is 31.4 Å². The molecule has 3 aromatic rings. The highest BCUT2D eigenvalue weighted by atomic mass is 32.1. The fourth-order valence-corrected chi connectivity index (χ4v) is 4.42. The molecule has 31 heavy (non-hydrogen) atoms. The molecule has 0 saturated carbocycles. The van der Waals surface area contributed by atoms with Crippen molar-refractivity contribution in [3.05, 3.63) is 93.7 Å². The number of amides is 2. The van der Waals surface area contributed by atoms with Gasteiger partial charge in [-0.15, -0.1) is 11.3 Å². The summed E-state index contributed by atoms with van der Waals surface area (Å²) in [4.78, 5) is 35.9. The van der Waals surface area contributed by atoms with Crippen molar-refractivity contribution in [1.29, 1.82) is 0 Å². The second-order valence-electron chi connectivity index (χ2n) is 6.99. The third-order valence-electron chi connectivity index (χ3n) is 4.89. The topological polar surface area (TPSA) is 96.0 Å². The summed E-state index contributed by atoms with van der Waals surface area (Å²) < 4.78 is 0. The molecule has 2 amide bonds. The third kappa shape index (κ3) is 4.39. The Labute approximate surface area is 183 Å². The highest BCUT2D eigenvalue weighted by Gasteiger charge is 2.37. The van der Waals surface area contributed by atoms with Crippen LogP contribution in [0, 0.1) is 0 Å². The van der Waals surface area contributed by atoms with Crippen molar-refractivity contribution < 1.29 is 9.59 Å². The molecule has 0 aliphatic carbocycles. The summed E-state index contributed by atoms with van der Waals surface area (Å²) in [7, 11) is 0. The zero-order valence-electron chi connectivity index (χ0n) is 17.0. The fraction of sp³-hybridized carbons (Fsp3) is 0.130. The predicted octanol–water partition coefficient (Wildman–Crippen LogP) is 4.05. The molecule has 3 N–H and O–H groups in total. The van der Waals surface area contributed by atoms with E-state index in [1.165, 1.54) is 11.3 Å². The standard InChI is InChI=1S/C23H21N5O2S/c1-14-19(22(29)27-17-9-3-5-11-24-17)21(16-8-7-13-31-16)20(15(2)26-14)23(30)28-18-10-4-6-12-25-18/h3-13,21,26H,1-2H3,(H,24,27,29)(H,25,28,30). The molecule has 0 radical (unpaired) electrons. The molecule has 3 aromatic heterocycles. The van der Waals surface area contributed by atoms with Crippen LogP contribution in [0.1, 0.15) is 24.6 Å². The normalized spacial score (nSPS) is 14.3. The van der Waals surface area contributed by atoms with Crippen LogP contribution in [-0.4, -0.2) is 21.8 Å². The molecule has 1 aliphatic heterocycles. The minimum atomic E-state index is -0.520. The van der Waals surface area contributed by atoms with E-state index in [-0.39, 0.29) is 11.8 Å². The molecule has 0 saturated heterocycles. The predicted molar refractivity (Wildman–Crippen MR) is 121 cm³/mol. The number of thiophene rings is 1. The number of pyridine rings is 2. The lowest BCUT2D eigenvalue weighted by Crippen LogP contribution is -2.34. The van der Waals surface area contributed by atoms with E-state index >= 15 is 0 Å². The lowest BCUT2D eigenvalue weighted by atomic mass is 9.83. The van der Waals surface area contributed by atoms with Gasteiger partial charge >= 0.3 is 0 Å². The lowest BCUT2D eigenvalue weighted by molar-refractivity contribution is -0.113. The number of hydrogen-bond acceptors (Lipinski definition) is 6. The van der Waals surface area contributed by atoms with E-state index in [9.17, 15) is 9.59 Å². The van der Waals surface area contributed by atoms with Gasteiger partial charge in [0.25, 0.3) is 11.8 Å². The number of aromatic nitrogens is 2. The molecule has 0 atom stereocenters. The van der Waals surface area contributed by atoms with Crippen molar-refractivity contribution in [2.45, 2.75) is 19.8 Å². The van der Waals surface area contributed by atoms with Crippen LogP contribution in [0.25, 0.3) is 0 Å². The van der Waals surface area contributed by atoms with E-state index in [0.29, 0.717) is 34.2 Å². The maximum absolute atomic E-state index is 13.3. The smallest absolute Gasteiger partial charge is 0.255 e. The second kappa shape index (κ2) is 8.93. The first-order valence-corrected chi connectivity index (χ1v) is 10.6. The van der Waals surface area contributed by atoms with Crippen LogP contribution in [0.15, 0.2) is 88.8 Å². The SMILES string of the molecule is CC1=C(C(=O)Nc2ccccn2)C(c2cccs2)C(C(=O)Nc2ccccn2)=C(C)N1. The van der Waals surface area contributed by atoms with Gasteiger partial charge in [-0.1, -0.05) is 18.2 Å². The Morgan fingerprint density at radius 3 is 1.81 bits per heavy atom. The summed E-state index contributed by atoms with van der Waals surface area (Å²) in [5.74, 6) is -0.240. The number of dihydropyridines is 1. The Hall–Kier alpha value is -3.78. The molecule has 1 aliphatic rings. The molecule has 8 heteroatoms. The van der Waals surface area contributed by atoms with Crippen LogP contribution in [0.5, 0.6) is 0 Å². The summed E-state index contributed by atoms with van der Waals surface area (Å²) in [6, 6.07) is 14.5. The van der Waals surface area contributed by atoms with Gasteiger partial charge in [-0.2, -0.15) is 0 Å². The van der Waals surface area contributed by atoms with Crippen molar-refractivity contribution in [3.8, 4) is 0 Å². The van der Waals surface area contributed by atoms with E-state index in [0.717, 1.165) is 4.88 Å². The van der Waals surface area contributed by atoms with Crippen molar-refractivity contribution in [2.75, 3.05) is 10.6 Å². The molecule has 0 bridgehead atoms. The molecule has 156 valence electrons. The first kappa shape index (κ1) is 20.5. The number of rotatable bonds is 5. The Morgan fingerprint density at radius 1 is 0.839 bits per heavy atom. The number of anilines is 2. The monoisotopic (exact) mass is 431 g/mol. The summed E-state index contributed by atoms with van der Waals surface area (Å²) in [6.45, 7) is 3.68. The van der Waals surface area contributed by atoms with Crippen LogP contribution in [0.2, 0.25) is 0 Å². The maximum Gasteiger partial charge on any atom is 0.255 e. The molecule has 0 fully saturated rings. The lowest BCUT2D eigenvalue weighted by Gasteiger charge is -2.30. The maximum atomic E-state index is 13.3. The van der Waals surface area contributed by atoms with E-state index in [1.54, 1.807) is 48.8 Å². The zero-order chi connectivity index (χ0) is 21.8. The molecular weight excluding hydrogens is 410 g/mol. The van der Waals surface area contributed by atoms with Crippen LogP contribution in [0.4, 0.5) is 11.6 Å². The summed E-state index contributed by atoms with van der Waals surface area (Å²) in [5, 5.41) is 10.8. The molecule has 4 heterocycles. The number of carbonyl (C=O) groups excluding carboxylic acids is 2. The molecule has 4 rings (SSSR count). The first-order valence-electron chi connectivity index (χ1n) is 9.71. The van der Waals surface area contributed by atoms with Crippen LogP contribution in [0.3, 0.4) is 0 Å². The van der Waals surface area contributed by atoms with Gasteiger partial charge in [0.1, 0.15) is 11.6 Å². The molecule has 0 spiro atoms. The Kier molecular flexibility index (Phi) is 5.90. The zero-order valence-corrected chi connectivity index (χ0v) is 17.9. The Bertz CT molecular complexity index is 1080. The first-order chi connectivity index (χ1) is 15.0. The van der Waals surface area contributed by atoms with Gasteiger partial charge in [0, 0.05) is 39.8 Å². The average molecular weight is 432 g/mol. The second-order valence-corrected chi connectivity index (χ2v) is 7.97. The molecule has 0 aromatic carbocycles. The van der Waals surface area contributed by atoms with Gasteiger partial charge in [-0.3, -0.25) is 9.59 Å². The minimum absolute atomic E-state index is 0.308. The number of nitrogens with zero attached hydrogens (tertiary/aromatic N) is 2. The quantitative estimate of drug-likeness (QED) is 0.566. The van der Waals surface area contributed by atoms with Crippen molar-refractivity contribution in [3.63, 3.8) is 0 Å². The fourth-order valence-electron chi connectivity index (χ4n) is 3.58. The van der Waals surface area contributed by atoms with Gasteiger partial charge in [0.2, 0.25) is 0 Å². The van der Waals surface area contributed by atoms with Gasteiger partial charge < -0.3 is 16.0 Å². The summed E-state index contributed by atoms with van der Waals surface area (Å²) >= 11 is 1.50. The highest BCUT2D eigenvalue weighted by molar-refractivity contribution is 7.10. The largest absolute Gasteiger partial charge is 0.362 e. The highest BCUT2D eigenvalue weighted by Crippen LogP contribution is 2.40. The van der Waals surface area contributed by atoms with Crippen molar-refractivity contribution in [2.24, 2.45) is 0 Å². The summed E-state index contributed by atoms with van der Waals surface area (Å²) in [5.41, 5.74) is 2.34. The van der Waals surface area contributed by atoms with E-state index in [2.05, 4.69) is 25.9 Å². The van der Waals surface area contributed by atoms with E-state index < -0.39 is 5.92 Å². The van der Waals surface area contributed by atoms with Gasteiger partial charge in [0.15, 0.2) is 0 Å². The number of carbonyl (C=O) groups is 2. The Balaban J connectivity index is 1.72. The minimum Gasteiger partial charge on any atom is -0.362 e. The van der Waals surface area contributed by atoms with Crippen LogP contribution in [-0.2, 0) is 9.59 Å². The van der Waals surface area contributed by atoms with Gasteiger partial charge in [-0.05, 0) is 49.6 Å². The van der Waals surface area contributed by atoms with E-state index in [4.69, 9.17) is 0 Å².